The Hall–Kier alpha value is -2.74. The van der Waals surface area contributed by atoms with E-state index in [1.54, 1.807) is 29.2 Å². The van der Waals surface area contributed by atoms with E-state index in [1.807, 2.05) is 37.3 Å². The predicted molar refractivity (Wildman–Crippen MR) is 117 cm³/mol. The van der Waals surface area contributed by atoms with Crippen molar-refractivity contribution in [1.82, 2.24) is 9.97 Å². The Balaban J connectivity index is 1.91. The molecule has 0 aliphatic rings. The standard InChI is InChI=1S/C23H24F3N3OS/c1-4-29(17-10-12-18(13-11-17)30-15-16(2)3)22-27-14-20(23(24,25)26)21(28-22)31-19-8-6-5-7-9-19/h5-14,16H,4,15H2,1-3H3. The number of aromatic nitrogens is 2. The average molecular weight is 448 g/mol. The lowest BCUT2D eigenvalue weighted by atomic mass is 10.2. The molecule has 0 unspecified atom stereocenters. The Bertz CT molecular complexity index is 980. The molecule has 0 fully saturated rings. The summed E-state index contributed by atoms with van der Waals surface area (Å²) >= 11 is 0.972. The van der Waals surface area contributed by atoms with Crippen LogP contribution in [0.15, 0.2) is 70.7 Å². The normalized spacial score (nSPS) is 11.6. The van der Waals surface area contributed by atoms with Crippen LogP contribution in [0.5, 0.6) is 5.75 Å². The number of halogens is 3. The van der Waals surface area contributed by atoms with Crippen LogP contribution in [-0.4, -0.2) is 23.1 Å². The van der Waals surface area contributed by atoms with Crippen LogP contribution in [0.25, 0.3) is 0 Å². The van der Waals surface area contributed by atoms with Crippen LogP contribution < -0.4 is 9.64 Å². The van der Waals surface area contributed by atoms with Crippen molar-refractivity contribution >= 4 is 23.4 Å². The number of ether oxygens (including phenoxy) is 1. The second kappa shape index (κ2) is 10.0. The molecule has 0 aliphatic heterocycles. The van der Waals surface area contributed by atoms with Crippen LogP contribution in [0.3, 0.4) is 0 Å². The molecule has 0 radical (unpaired) electrons. The van der Waals surface area contributed by atoms with Crippen LogP contribution >= 0.6 is 11.8 Å². The van der Waals surface area contributed by atoms with Crippen LogP contribution in [0.2, 0.25) is 0 Å². The highest BCUT2D eigenvalue weighted by Crippen LogP contribution is 2.39. The molecular weight excluding hydrogens is 423 g/mol. The summed E-state index contributed by atoms with van der Waals surface area (Å²) in [5.74, 6) is 1.36. The highest BCUT2D eigenvalue weighted by atomic mass is 32.2. The molecule has 0 spiro atoms. The first kappa shape index (κ1) is 22.9. The van der Waals surface area contributed by atoms with Crippen molar-refractivity contribution in [2.45, 2.75) is 36.9 Å². The van der Waals surface area contributed by atoms with Crippen LogP contribution in [0.4, 0.5) is 24.8 Å². The van der Waals surface area contributed by atoms with Gasteiger partial charge in [0.2, 0.25) is 5.95 Å². The SMILES string of the molecule is CCN(c1ccc(OCC(C)C)cc1)c1ncc(C(F)(F)F)c(Sc2ccccc2)n1. The summed E-state index contributed by atoms with van der Waals surface area (Å²) in [6.07, 6.45) is -3.68. The number of benzene rings is 2. The van der Waals surface area contributed by atoms with Gasteiger partial charge in [0.05, 0.1) is 6.61 Å². The van der Waals surface area contributed by atoms with Crippen molar-refractivity contribution in [3.05, 3.63) is 66.4 Å². The maximum Gasteiger partial charge on any atom is 0.420 e. The van der Waals surface area contributed by atoms with E-state index in [-0.39, 0.29) is 11.0 Å². The summed E-state index contributed by atoms with van der Waals surface area (Å²) in [7, 11) is 0. The molecule has 0 bridgehead atoms. The fraction of sp³-hybridized carbons (Fsp3) is 0.304. The maximum atomic E-state index is 13.5. The minimum absolute atomic E-state index is 0.126. The summed E-state index contributed by atoms with van der Waals surface area (Å²) in [6, 6.07) is 16.2. The molecule has 0 atom stereocenters. The fourth-order valence-corrected chi connectivity index (χ4v) is 3.71. The molecule has 8 heteroatoms. The zero-order valence-electron chi connectivity index (χ0n) is 17.6. The minimum Gasteiger partial charge on any atom is -0.493 e. The summed E-state index contributed by atoms with van der Waals surface area (Å²) < 4.78 is 46.3. The predicted octanol–water partition coefficient (Wildman–Crippen LogP) is 6.84. The molecule has 0 saturated carbocycles. The number of alkyl halides is 3. The second-order valence-corrected chi connectivity index (χ2v) is 8.31. The van der Waals surface area contributed by atoms with E-state index in [0.29, 0.717) is 24.0 Å². The smallest absolute Gasteiger partial charge is 0.420 e. The van der Waals surface area contributed by atoms with Gasteiger partial charge in [-0.2, -0.15) is 13.2 Å². The van der Waals surface area contributed by atoms with Gasteiger partial charge >= 0.3 is 6.18 Å². The number of anilines is 2. The van der Waals surface area contributed by atoms with Gasteiger partial charge in [0.1, 0.15) is 16.3 Å². The van der Waals surface area contributed by atoms with E-state index >= 15 is 0 Å². The van der Waals surface area contributed by atoms with Crippen molar-refractivity contribution in [3.8, 4) is 5.75 Å². The van der Waals surface area contributed by atoms with Gasteiger partial charge in [-0.25, -0.2) is 9.97 Å². The third kappa shape index (κ3) is 6.13. The van der Waals surface area contributed by atoms with Gasteiger partial charge in [0.25, 0.3) is 0 Å². The zero-order chi connectivity index (χ0) is 22.4. The highest BCUT2D eigenvalue weighted by molar-refractivity contribution is 7.99. The van der Waals surface area contributed by atoms with Crippen molar-refractivity contribution in [1.29, 1.82) is 0 Å². The summed E-state index contributed by atoms with van der Waals surface area (Å²) in [6.45, 7) is 7.14. The second-order valence-electron chi connectivity index (χ2n) is 7.24. The van der Waals surface area contributed by atoms with Crippen molar-refractivity contribution in [3.63, 3.8) is 0 Å². The van der Waals surface area contributed by atoms with Gasteiger partial charge in [0, 0.05) is 23.3 Å². The third-order valence-corrected chi connectivity index (χ3v) is 5.31. The molecule has 31 heavy (non-hydrogen) atoms. The first-order chi connectivity index (χ1) is 14.8. The summed E-state index contributed by atoms with van der Waals surface area (Å²) in [5.41, 5.74) is -0.0755. The van der Waals surface area contributed by atoms with E-state index in [1.165, 1.54) is 0 Å². The Morgan fingerprint density at radius 1 is 1.03 bits per heavy atom. The van der Waals surface area contributed by atoms with Gasteiger partial charge in [0.15, 0.2) is 0 Å². The lowest BCUT2D eigenvalue weighted by Crippen LogP contribution is -2.20. The van der Waals surface area contributed by atoms with E-state index in [4.69, 9.17) is 4.74 Å². The summed E-state index contributed by atoms with van der Waals surface area (Å²) in [5, 5.41) is -0.126. The summed E-state index contributed by atoms with van der Waals surface area (Å²) in [4.78, 5) is 10.8. The lowest BCUT2D eigenvalue weighted by Gasteiger charge is -2.22. The highest BCUT2D eigenvalue weighted by Gasteiger charge is 2.35. The zero-order valence-corrected chi connectivity index (χ0v) is 18.4. The van der Waals surface area contributed by atoms with Gasteiger partial charge < -0.3 is 9.64 Å². The lowest BCUT2D eigenvalue weighted by molar-refractivity contribution is -0.140. The topological polar surface area (TPSA) is 38.2 Å². The molecule has 1 aromatic heterocycles. The maximum absolute atomic E-state index is 13.5. The molecule has 2 aromatic carbocycles. The van der Waals surface area contributed by atoms with Gasteiger partial charge in [-0.1, -0.05) is 43.8 Å². The third-order valence-electron chi connectivity index (χ3n) is 4.29. The first-order valence-electron chi connectivity index (χ1n) is 9.95. The number of rotatable bonds is 8. The Labute approximate surface area is 184 Å². The van der Waals surface area contributed by atoms with Crippen LogP contribution in [-0.2, 0) is 6.18 Å². The Kier molecular flexibility index (Phi) is 7.43. The van der Waals surface area contributed by atoms with Crippen molar-refractivity contribution in [2.75, 3.05) is 18.1 Å². The van der Waals surface area contributed by atoms with Gasteiger partial charge in [-0.15, -0.1) is 0 Å². The molecule has 4 nitrogen and oxygen atoms in total. The fourth-order valence-electron chi connectivity index (χ4n) is 2.78. The molecule has 3 rings (SSSR count). The Morgan fingerprint density at radius 3 is 2.29 bits per heavy atom. The molecule has 0 N–H and O–H groups in total. The van der Waals surface area contributed by atoms with Crippen LogP contribution in [0.1, 0.15) is 26.3 Å². The largest absolute Gasteiger partial charge is 0.493 e. The van der Waals surface area contributed by atoms with Gasteiger partial charge in [-0.05, 0) is 49.2 Å². The van der Waals surface area contributed by atoms with E-state index in [9.17, 15) is 13.2 Å². The molecule has 3 aromatic rings. The molecular formula is C23H24F3N3OS. The number of hydrogen-bond acceptors (Lipinski definition) is 5. The molecule has 0 amide bonds. The molecule has 0 aliphatic carbocycles. The first-order valence-corrected chi connectivity index (χ1v) is 10.8. The number of hydrogen-bond donors (Lipinski definition) is 0. The minimum atomic E-state index is -4.54. The molecule has 1 heterocycles. The Morgan fingerprint density at radius 2 is 1.71 bits per heavy atom. The number of nitrogens with zero attached hydrogens (tertiary/aromatic N) is 3. The van der Waals surface area contributed by atoms with E-state index < -0.39 is 11.7 Å². The van der Waals surface area contributed by atoms with E-state index in [2.05, 4.69) is 23.8 Å². The molecule has 0 saturated heterocycles. The quantitative estimate of drug-likeness (QED) is 0.354. The van der Waals surface area contributed by atoms with Gasteiger partial charge in [-0.3, -0.25) is 0 Å². The monoisotopic (exact) mass is 447 g/mol. The van der Waals surface area contributed by atoms with E-state index in [0.717, 1.165) is 29.4 Å². The molecule has 164 valence electrons. The average Bonchev–Trinajstić information content (AvgIpc) is 2.74. The van der Waals surface area contributed by atoms with Crippen LogP contribution in [0, 0.1) is 5.92 Å². The van der Waals surface area contributed by atoms with Crippen molar-refractivity contribution in [2.24, 2.45) is 5.92 Å². The van der Waals surface area contributed by atoms with Crippen molar-refractivity contribution < 1.29 is 17.9 Å².